The molecule has 1 heteroatoms. The van der Waals surface area contributed by atoms with E-state index < -0.39 is 0 Å². The molecule has 3 rings (SSSR count). The van der Waals surface area contributed by atoms with Crippen LogP contribution in [0.25, 0.3) is 0 Å². The third-order valence-corrected chi connectivity index (χ3v) is 3.91. The zero-order valence-corrected chi connectivity index (χ0v) is 9.77. The highest BCUT2D eigenvalue weighted by Crippen LogP contribution is 2.45. The van der Waals surface area contributed by atoms with Gasteiger partial charge in [0, 0.05) is 11.4 Å². The SMILES string of the molecule is CCc1c2c(nc(C)c1C1CC1)CCC2. The topological polar surface area (TPSA) is 12.9 Å². The zero-order chi connectivity index (χ0) is 10.4. The van der Waals surface area contributed by atoms with Crippen molar-refractivity contribution in [1.29, 1.82) is 0 Å². The summed E-state index contributed by atoms with van der Waals surface area (Å²) in [6.45, 7) is 4.52. The van der Waals surface area contributed by atoms with E-state index in [1.54, 1.807) is 16.7 Å². The van der Waals surface area contributed by atoms with E-state index in [2.05, 4.69) is 13.8 Å². The second-order valence-corrected chi connectivity index (χ2v) is 5.00. The van der Waals surface area contributed by atoms with Crippen molar-refractivity contribution in [3.05, 3.63) is 28.1 Å². The predicted octanol–water partition coefficient (Wildman–Crippen LogP) is 3.32. The number of aromatic nitrogens is 1. The van der Waals surface area contributed by atoms with Crippen molar-refractivity contribution in [3.63, 3.8) is 0 Å². The van der Waals surface area contributed by atoms with Gasteiger partial charge in [-0.25, -0.2) is 0 Å². The quantitative estimate of drug-likeness (QED) is 0.715. The molecule has 0 aliphatic heterocycles. The third-order valence-electron chi connectivity index (χ3n) is 3.91. The number of fused-ring (bicyclic) bond motifs is 1. The number of aryl methyl sites for hydroxylation is 2. The van der Waals surface area contributed by atoms with Gasteiger partial charge in [0.05, 0.1) is 0 Å². The highest BCUT2D eigenvalue weighted by molar-refractivity contribution is 5.45. The van der Waals surface area contributed by atoms with Crippen LogP contribution >= 0.6 is 0 Å². The second kappa shape index (κ2) is 3.33. The monoisotopic (exact) mass is 201 g/mol. The number of hydrogen-bond acceptors (Lipinski definition) is 1. The summed E-state index contributed by atoms with van der Waals surface area (Å²) < 4.78 is 0. The smallest absolute Gasteiger partial charge is 0.0441 e. The second-order valence-electron chi connectivity index (χ2n) is 5.00. The van der Waals surface area contributed by atoms with Crippen LogP contribution in [0.5, 0.6) is 0 Å². The van der Waals surface area contributed by atoms with Crippen molar-refractivity contribution in [3.8, 4) is 0 Å². The molecule has 1 fully saturated rings. The molecule has 1 heterocycles. The number of pyridine rings is 1. The van der Waals surface area contributed by atoms with Crippen LogP contribution in [-0.4, -0.2) is 4.98 Å². The fourth-order valence-electron chi connectivity index (χ4n) is 3.14. The Hall–Kier alpha value is -0.850. The van der Waals surface area contributed by atoms with Crippen LogP contribution in [0.4, 0.5) is 0 Å². The predicted molar refractivity (Wildman–Crippen MR) is 62.4 cm³/mol. The highest BCUT2D eigenvalue weighted by atomic mass is 14.7. The molecule has 15 heavy (non-hydrogen) atoms. The summed E-state index contributed by atoms with van der Waals surface area (Å²) in [6, 6.07) is 0. The Morgan fingerprint density at radius 3 is 2.73 bits per heavy atom. The van der Waals surface area contributed by atoms with E-state index >= 15 is 0 Å². The normalized spacial score (nSPS) is 19.3. The van der Waals surface area contributed by atoms with Crippen molar-refractivity contribution >= 4 is 0 Å². The van der Waals surface area contributed by atoms with Crippen LogP contribution in [0, 0.1) is 6.92 Å². The van der Waals surface area contributed by atoms with Crippen LogP contribution in [0.3, 0.4) is 0 Å². The lowest BCUT2D eigenvalue weighted by molar-refractivity contribution is 0.895. The summed E-state index contributed by atoms with van der Waals surface area (Å²) in [6.07, 6.45) is 7.82. The Bertz CT molecular complexity index is 402. The lowest BCUT2D eigenvalue weighted by atomic mass is 9.94. The van der Waals surface area contributed by atoms with Crippen molar-refractivity contribution in [2.45, 2.75) is 58.3 Å². The van der Waals surface area contributed by atoms with Crippen LogP contribution in [0.15, 0.2) is 0 Å². The van der Waals surface area contributed by atoms with Gasteiger partial charge in [-0.2, -0.15) is 0 Å². The molecule has 0 aromatic carbocycles. The molecule has 0 amide bonds. The van der Waals surface area contributed by atoms with Crippen LogP contribution < -0.4 is 0 Å². The van der Waals surface area contributed by atoms with Gasteiger partial charge < -0.3 is 0 Å². The van der Waals surface area contributed by atoms with Gasteiger partial charge in [0.15, 0.2) is 0 Å². The molecule has 2 aliphatic carbocycles. The maximum Gasteiger partial charge on any atom is 0.0441 e. The highest BCUT2D eigenvalue weighted by Gasteiger charge is 2.30. The number of rotatable bonds is 2. The first kappa shape index (κ1) is 9.38. The van der Waals surface area contributed by atoms with Gasteiger partial charge in [-0.15, -0.1) is 0 Å². The van der Waals surface area contributed by atoms with Crippen LogP contribution in [-0.2, 0) is 19.3 Å². The molecule has 1 nitrogen and oxygen atoms in total. The Labute approximate surface area is 91.9 Å². The van der Waals surface area contributed by atoms with Gasteiger partial charge >= 0.3 is 0 Å². The summed E-state index contributed by atoms with van der Waals surface area (Å²) in [4.78, 5) is 4.82. The Kier molecular flexibility index (Phi) is 2.08. The van der Waals surface area contributed by atoms with E-state index in [1.807, 2.05) is 0 Å². The van der Waals surface area contributed by atoms with Gasteiger partial charge in [0.25, 0.3) is 0 Å². The average molecular weight is 201 g/mol. The molecule has 0 atom stereocenters. The summed E-state index contributed by atoms with van der Waals surface area (Å²) in [5, 5.41) is 0. The minimum Gasteiger partial charge on any atom is -0.258 e. The summed E-state index contributed by atoms with van der Waals surface area (Å²) in [7, 11) is 0. The fraction of sp³-hybridized carbons (Fsp3) is 0.643. The Morgan fingerprint density at radius 2 is 2.07 bits per heavy atom. The largest absolute Gasteiger partial charge is 0.258 e. The number of nitrogens with zero attached hydrogens (tertiary/aromatic N) is 1. The molecule has 80 valence electrons. The van der Waals surface area contributed by atoms with Crippen molar-refractivity contribution in [1.82, 2.24) is 4.98 Å². The molecule has 1 aromatic rings. The number of hydrogen-bond donors (Lipinski definition) is 0. The molecule has 0 bridgehead atoms. The minimum absolute atomic E-state index is 0.860. The fourth-order valence-corrected chi connectivity index (χ4v) is 3.14. The van der Waals surface area contributed by atoms with Gasteiger partial charge in [0.1, 0.15) is 0 Å². The molecule has 0 unspecified atom stereocenters. The molecule has 0 spiro atoms. The zero-order valence-electron chi connectivity index (χ0n) is 9.77. The van der Waals surface area contributed by atoms with E-state index in [4.69, 9.17) is 4.98 Å². The van der Waals surface area contributed by atoms with Crippen molar-refractivity contribution in [2.75, 3.05) is 0 Å². The first-order chi connectivity index (χ1) is 7.31. The first-order valence-electron chi connectivity index (χ1n) is 6.32. The van der Waals surface area contributed by atoms with Gasteiger partial charge in [-0.1, -0.05) is 6.92 Å². The molecule has 1 saturated carbocycles. The molecule has 1 aromatic heterocycles. The van der Waals surface area contributed by atoms with Crippen molar-refractivity contribution < 1.29 is 0 Å². The van der Waals surface area contributed by atoms with Gasteiger partial charge in [-0.05, 0) is 68.1 Å². The standard InChI is InChI=1S/C14H19N/c1-3-11-12-5-4-6-13(12)15-9(2)14(11)10-7-8-10/h10H,3-8H2,1-2H3. The van der Waals surface area contributed by atoms with Gasteiger partial charge in [0.2, 0.25) is 0 Å². The maximum absolute atomic E-state index is 4.82. The first-order valence-corrected chi connectivity index (χ1v) is 6.32. The molecular formula is C14H19N. The van der Waals surface area contributed by atoms with Gasteiger partial charge in [-0.3, -0.25) is 4.98 Å². The van der Waals surface area contributed by atoms with E-state index in [1.165, 1.54) is 49.9 Å². The molecule has 0 N–H and O–H groups in total. The van der Waals surface area contributed by atoms with E-state index in [9.17, 15) is 0 Å². The van der Waals surface area contributed by atoms with Crippen molar-refractivity contribution in [2.24, 2.45) is 0 Å². The summed E-state index contributed by atoms with van der Waals surface area (Å²) in [5.74, 6) is 0.860. The molecule has 0 radical (unpaired) electrons. The summed E-state index contributed by atoms with van der Waals surface area (Å²) in [5.41, 5.74) is 7.64. The summed E-state index contributed by atoms with van der Waals surface area (Å²) >= 11 is 0. The molecule has 2 aliphatic rings. The third kappa shape index (κ3) is 1.40. The van der Waals surface area contributed by atoms with E-state index in [-0.39, 0.29) is 0 Å². The Morgan fingerprint density at radius 1 is 1.27 bits per heavy atom. The molecule has 0 saturated heterocycles. The van der Waals surface area contributed by atoms with Crippen LogP contribution in [0.2, 0.25) is 0 Å². The lowest BCUT2D eigenvalue weighted by Crippen LogP contribution is -2.04. The maximum atomic E-state index is 4.82. The van der Waals surface area contributed by atoms with E-state index in [0.29, 0.717) is 0 Å². The minimum atomic E-state index is 0.860. The van der Waals surface area contributed by atoms with Crippen LogP contribution in [0.1, 0.15) is 60.2 Å². The van der Waals surface area contributed by atoms with E-state index in [0.717, 1.165) is 5.92 Å². The lowest BCUT2D eigenvalue weighted by Gasteiger charge is -2.15. The average Bonchev–Trinajstić information content (AvgIpc) is 2.95. The Balaban J connectivity index is 2.20. The molecular weight excluding hydrogens is 182 g/mol.